The van der Waals surface area contributed by atoms with Gasteiger partial charge in [-0.2, -0.15) is 5.10 Å². The Balaban J connectivity index is 2.23. The van der Waals surface area contributed by atoms with E-state index in [1.54, 1.807) is 23.1 Å². The molecule has 0 bridgehead atoms. The van der Waals surface area contributed by atoms with Crippen LogP contribution in [0.5, 0.6) is 0 Å². The van der Waals surface area contributed by atoms with Crippen LogP contribution >= 0.6 is 22.6 Å². The van der Waals surface area contributed by atoms with Crippen LogP contribution in [0.1, 0.15) is 5.56 Å². The standard InChI is InChI=1S/C9H8IN3O/c10-8-4-12-13(6-8)5-7-1-2-11-9(14)3-7/h1-4,6H,5H2,(H,11,14). The summed E-state index contributed by atoms with van der Waals surface area (Å²) in [6.07, 6.45) is 5.36. The Kier molecular flexibility index (Phi) is 2.67. The first-order valence-electron chi connectivity index (χ1n) is 4.09. The Morgan fingerprint density at radius 2 is 2.43 bits per heavy atom. The van der Waals surface area contributed by atoms with Crippen LogP contribution in [0.4, 0.5) is 0 Å². The van der Waals surface area contributed by atoms with Crippen molar-refractivity contribution in [1.29, 1.82) is 0 Å². The van der Waals surface area contributed by atoms with Gasteiger partial charge in [0.15, 0.2) is 0 Å². The van der Waals surface area contributed by atoms with Gasteiger partial charge in [0.25, 0.3) is 0 Å². The number of nitrogens with one attached hydrogen (secondary N) is 1. The number of rotatable bonds is 2. The number of pyridine rings is 1. The van der Waals surface area contributed by atoms with E-state index in [1.807, 2.05) is 12.3 Å². The molecule has 0 saturated heterocycles. The molecule has 0 aliphatic carbocycles. The number of aromatic amines is 1. The van der Waals surface area contributed by atoms with Crippen molar-refractivity contribution in [2.24, 2.45) is 0 Å². The highest BCUT2D eigenvalue weighted by molar-refractivity contribution is 14.1. The maximum atomic E-state index is 11.0. The molecule has 0 fully saturated rings. The van der Waals surface area contributed by atoms with Crippen LogP contribution in [0.2, 0.25) is 0 Å². The van der Waals surface area contributed by atoms with Crippen LogP contribution < -0.4 is 5.56 Å². The van der Waals surface area contributed by atoms with Gasteiger partial charge >= 0.3 is 0 Å². The predicted molar refractivity (Wildman–Crippen MR) is 61.1 cm³/mol. The van der Waals surface area contributed by atoms with E-state index < -0.39 is 0 Å². The molecule has 5 heteroatoms. The minimum absolute atomic E-state index is 0.0793. The lowest BCUT2D eigenvalue weighted by Gasteiger charge is -1.99. The average Bonchev–Trinajstić information content (AvgIpc) is 2.51. The zero-order chi connectivity index (χ0) is 9.97. The zero-order valence-corrected chi connectivity index (χ0v) is 9.43. The smallest absolute Gasteiger partial charge is 0.248 e. The third kappa shape index (κ3) is 2.22. The number of hydrogen-bond donors (Lipinski definition) is 1. The summed E-state index contributed by atoms with van der Waals surface area (Å²) in [5.41, 5.74) is 0.873. The largest absolute Gasteiger partial charge is 0.329 e. The fourth-order valence-corrected chi connectivity index (χ4v) is 1.65. The highest BCUT2D eigenvalue weighted by atomic mass is 127. The van der Waals surface area contributed by atoms with Crippen molar-refractivity contribution in [2.75, 3.05) is 0 Å². The summed E-state index contributed by atoms with van der Waals surface area (Å²) in [6.45, 7) is 0.632. The molecule has 0 aliphatic heterocycles. The quantitative estimate of drug-likeness (QED) is 0.848. The van der Waals surface area contributed by atoms with E-state index >= 15 is 0 Å². The van der Waals surface area contributed by atoms with Gasteiger partial charge in [-0.15, -0.1) is 0 Å². The molecule has 0 aromatic carbocycles. The molecule has 0 radical (unpaired) electrons. The highest BCUT2D eigenvalue weighted by Crippen LogP contribution is 2.03. The minimum Gasteiger partial charge on any atom is -0.329 e. The normalized spacial score (nSPS) is 10.4. The summed E-state index contributed by atoms with van der Waals surface area (Å²) in [5, 5.41) is 4.14. The van der Waals surface area contributed by atoms with Crippen molar-refractivity contribution in [3.8, 4) is 0 Å². The molecule has 0 atom stereocenters. The van der Waals surface area contributed by atoms with Gasteiger partial charge in [0.1, 0.15) is 0 Å². The van der Waals surface area contributed by atoms with Crippen LogP contribution in [-0.4, -0.2) is 14.8 Å². The first kappa shape index (κ1) is 9.45. The van der Waals surface area contributed by atoms with E-state index in [-0.39, 0.29) is 5.56 Å². The molecule has 1 N–H and O–H groups in total. The Hall–Kier alpha value is -1.11. The van der Waals surface area contributed by atoms with Crippen molar-refractivity contribution in [3.05, 3.63) is 50.2 Å². The monoisotopic (exact) mass is 301 g/mol. The number of hydrogen-bond acceptors (Lipinski definition) is 2. The van der Waals surface area contributed by atoms with Gasteiger partial charge in [0, 0.05) is 18.5 Å². The number of halogens is 1. The average molecular weight is 301 g/mol. The Morgan fingerprint density at radius 1 is 1.57 bits per heavy atom. The van der Waals surface area contributed by atoms with Crippen molar-refractivity contribution < 1.29 is 0 Å². The van der Waals surface area contributed by atoms with Crippen LogP contribution in [0.15, 0.2) is 35.5 Å². The lowest BCUT2D eigenvalue weighted by Crippen LogP contribution is -2.07. The van der Waals surface area contributed by atoms with E-state index in [0.717, 1.165) is 9.13 Å². The van der Waals surface area contributed by atoms with E-state index in [1.165, 1.54) is 0 Å². The summed E-state index contributed by atoms with van der Waals surface area (Å²) in [6, 6.07) is 3.45. The molecule has 0 saturated carbocycles. The molecule has 0 aliphatic rings. The molecule has 2 heterocycles. The van der Waals surface area contributed by atoms with Gasteiger partial charge < -0.3 is 4.98 Å². The Labute approximate surface area is 94.1 Å². The summed E-state index contributed by atoms with van der Waals surface area (Å²) < 4.78 is 2.89. The molecule has 14 heavy (non-hydrogen) atoms. The highest BCUT2D eigenvalue weighted by Gasteiger charge is 1.97. The van der Waals surface area contributed by atoms with Crippen LogP contribution in [0.25, 0.3) is 0 Å². The van der Waals surface area contributed by atoms with Gasteiger partial charge in [0.05, 0.1) is 16.3 Å². The SMILES string of the molecule is O=c1cc(Cn2cc(I)cn2)cc[nH]1. The van der Waals surface area contributed by atoms with E-state index in [9.17, 15) is 4.79 Å². The second kappa shape index (κ2) is 3.95. The molecule has 0 unspecified atom stereocenters. The maximum absolute atomic E-state index is 11.0. The first-order chi connectivity index (χ1) is 6.74. The van der Waals surface area contributed by atoms with E-state index in [4.69, 9.17) is 0 Å². The number of H-pyrrole nitrogens is 1. The second-order valence-corrected chi connectivity index (χ2v) is 4.16. The van der Waals surface area contributed by atoms with Crippen LogP contribution in [0, 0.1) is 3.57 Å². The number of nitrogens with zero attached hydrogens (tertiary/aromatic N) is 2. The van der Waals surface area contributed by atoms with E-state index in [2.05, 4.69) is 32.7 Å². The van der Waals surface area contributed by atoms with Crippen molar-refractivity contribution in [3.63, 3.8) is 0 Å². The van der Waals surface area contributed by atoms with Crippen molar-refractivity contribution >= 4 is 22.6 Å². The van der Waals surface area contributed by atoms with Gasteiger partial charge in [-0.25, -0.2) is 0 Å². The topological polar surface area (TPSA) is 50.7 Å². The molecule has 72 valence electrons. The first-order valence-corrected chi connectivity index (χ1v) is 5.17. The fraction of sp³-hybridized carbons (Fsp3) is 0.111. The summed E-state index contributed by atoms with van der Waals surface area (Å²) in [4.78, 5) is 13.6. The Bertz CT molecular complexity index is 489. The molecular weight excluding hydrogens is 293 g/mol. The lowest BCUT2D eigenvalue weighted by atomic mass is 10.3. The zero-order valence-electron chi connectivity index (χ0n) is 7.27. The molecular formula is C9H8IN3O. The van der Waals surface area contributed by atoms with E-state index in [0.29, 0.717) is 6.54 Å². The molecule has 2 aromatic heterocycles. The molecule has 4 nitrogen and oxygen atoms in total. The van der Waals surface area contributed by atoms with Crippen molar-refractivity contribution in [1.82, 2.24) is 14.8 Å². The summed E-state index contributed by atoms with van der Waals surface area (Å²) in [5.74, 6) is 0. The van der Waals surface area contributed by atoms with Crippen LogP contribution in [-0.2, 0) is 6.54 Å². The second-order valence-electron chi connectivity index (χ2n) is 2.92. The van der Waals surface area contributed by atoms with Gasteiger partial charge in [-0.05, 0) is 34.2 Å². The fourth-order valence-electron chi connectivity index (χ4n) is 1.20. The third-order valence-corrected chi connectivity index (χ3v) is 2.34. The van der Waals surface area contributed by atoms with Gasteiger partial charge in [-0.3, -0.25) is 9.48 Å². The van der Waals surface area contributed by atoms with Crippen molar-refractivity contribution in [2.45, 2.75) is 6.54 Å². The lowest BCUT2D eigenvalue weighted by molar-refractivity contribution is 0.685. The molecule has 2 aromatic rings. The maximum Gasteiger partial charge on any atom is 0.248 e. The third-order valence-electron chi connectivity index (χ3n) is 1.79. The molecule has 0 spiro atoms. The number of aromatic nitrogens is 3. The Morgan fingerprint density at radius 3 is 3.07 bits per heavy atom. The molecule has 0 amide bonds. The summed E-state index contributed by atoms with van der Waals surface area (Å²) >= 11 is 2.20. The predicted octanol–water partition coefficient (Wildman–Crippen LogP) is 1.22. The molecule has 2 rings (SSSR count). The minimum atomic E-state index is -0.0793. The van der Waals surface area contributed by atoms with Gasteiger partial charge in [0.2, 0.25) is 5.56 Å². The summed E-state index contributed by atoms with van der Waals surface area (Å²) in [7, 11) is 0. The van der Waals surface area contributed by atoms with Gasteiger partial charge in [-0.1, -0.05) is 0 Å². The van der Waals surface area contributed by atoms with Crippen LogP contribution in [0.3, 0.4) is 0 Å².